The van der Waals surface area contributed by atoms with Crippen molar-refractivity contribution in [2.75, 3.05) is 33.7 Å². The van der Waals surface area contributed by atoms with Crippen molar-refractivity contribution in [1.82, 2.24) is 9.80 Å². The van der Waals surface area contributed by atoms with Gasteiger partial charge in [0.2, 0.25) is 5.91 Å². The highest BCUT2D eigenvalue weighted by atomic mass is 16.4. The van der Waals surface area contributed by atoms with E-state index in [2.05, 4.69) is 0 Å². The highest BCUT2D eigenvalue weighted by molar-refractivity contribution is 5.78. The summed E-state index contributed by atoms with van der Waals surface area (Å²) < 4.78 is 0. The molecule has 0 aromatic carbocycles. The maximum absolute atomic E-state index is 11.7. The topological polar surface area (TPSA) is 60.9 Å². The number of carboxylic acid groups (broad SMARTS) is 1. The zero-order valence-electron chi connectivity index (χ0n) is 9.98. The lowest BCUT2D eigenvalue weighted by Crippen LogP contribution is -2.36. The van der Waals surface area contributed by atoms with Gasteiger partial charge >= 0.3 is 5.97 Å². The molecule has 0 aliphatic carbocycles. The van der Waals surface area contributed by atoms with Gasteiger partial charge in [-0.25, -0.2) is 0 Å². The number of amides is 1. The first-order valence-electron chi connectivity index (χ1n) is 5.63. The fourth-order valence-electron chi connectivity index (χ4n) is 1.99. The van der Waals surface area contributed by atoms with Crippen LogP contribution < -0.4 is 0 Å². The van der Waals surface area contributed by atoms with E-state index in [1.807, 2.05) is 23.9 Å². The summed E-state index contributed by atoms with van der Waals surface area (Å²) in [6.45, 7) is 1.93. The summed E-state index contributed by atoms with van der Waals surface area (Å²) >= 11 is 0. The van der Waals surface area contributed by atoms with Gasteiger partial charge in [-0.2, -0.15) is 0 Å². The van der Waals surface area contributed by atoms with Crippen LogP contribution in [0.3, 0.4) is 0 Å². The van der Waals surface area contributed by atoms with Crippen LogP contribution in [0, 0.1) is 5.92 Å². The first-order chi connectivity index (χ1) is 7.49. The summed E-state index contributed by atoms with van der Waals surface area (Å²) in [5.74, 6) is -0.247. The van der Waals surface area contributed by atoms with E-state index in [0.717, 1.165) is 19.5 Å². The van der Waals surface area contributed by atoms with Crippen molar-refractivity contribution in [3.63, 3.8) is 0 Å². The largest absolute Gasteiger partial charge is 0.481 e. The van der Waals surface area contributed by atoms with E-state index in [4.69, 9.17) is 5.11 Å². The Morgan fingerprint density at radius 3 is 2.69 bits per heavy atom. The Morgan fingerprint density at radius 2 is 2.12 bits per heavy atom. The first-order valence-corrected chi connectivity index (χ1v) is 5.63. The molecule has 1 N–H and O–H groups in total. The molecule has 1 atom stereocenters. The van der Waals surface area contributed by atoms with Crippen LogP contribution in [0.15, 0.2) is 0 Å². The van der Waals surface area contributed by atoms with Gasteiger partial charge in [0, 0.05) is 19.5 Å². The monoisotopic (exact) mass is 228 g/mol. The van der Waals surface area contributed by atoms with Crippen LogP contribution in [0.2, 0.25) is 0 Å². The minimum absolute atomic E-state index is 0.142. The van der Waals surface area contributed by atoms with Crippen LogP contribution in [0.1, 0.15) is 19.3 Å². The van der Waals surface area contributed by atoms with E-state index in [-0.39, 0.29) is 12.3 Å². The van der Waals surface area contributed by atoms with Gasteiger partial charge < -0.3 is 14.9 Å². The summed E-state index contributed by atoms with van der Waals surface area (Å²) in [4.78, 5) is 25.8. The molecule has 0 aromatic rings. The Hall–Kier alpha value is -1.10. The molecular weight excluding hydrogens is 208 g/mol. The van der Waals surface area contributed by atoms with Crippen LogP contribution in [-0.2, 0) is 9.59 Å². The molecule has 16 heavy (non-hydrogen) atoms. The Labute approximate surface area is 96.0 Å². The number of carbonyl (C=O) groups excluding carboxylic acids is 1. The number of carbonyl (C=O) groups is 2. The second kappa shape index (κ2) is 5.84. The Kier molecular flexibility index (Phi) is 4.73. The van der Waals surface area contributed by atoms with E-state index in [1.54, 1.807) is 0 Å². The predicted octanol–water partition coefficient (Wildman–Crippen LogP) is 0.261. The minimum atomic E-state index is -0.752. The average Bonchev–Trinajstić information content (AvgIpc) is 2.61. The number of rotatable bonds is 5. The molecule has 1 fully saturated rings. The van der Waals surface area contributed by atoms with Crippen LogP contribution >= 0.6 is 0 Å². The molecule has 1 unspecified atom stereocenters. The highest BCUT2D eigenvalue weighted by Gasteiger charge is 2.26. The third-order valence-electron chi connectivity index (χ3n) is 2.86. The number of likely N-dealkylation sites (tertiary alicyclic amines) is 1. The molecule has 1 heterocycles. The third-order valence-corrected chi connectivity index (χ3v) is 2.86. The molecule has 5 nitrogen and oxygen atoms in total. The first kappa shape index (κ1) is 13.0. The van der Waals surface area contributed by atoms with Gasteiger partial charge in [-0.05, 0) is 32.9 Å². The lowest BCUT2D eigenvalue weighted by atomic mass is 10.0. The van der Waals surface area contributed by atoms with Crippen LogP contribution in [0.5, 0.6) is 0 Å². The van der Waals surface area contributed by atoms with Gasteiger partial charge in [-0.1, -0.05) is 0 Å². The summed E-state index contributed by atoms with van der Waals surface area (Å²) in [6, 6.07) is 0. The maximum atomic E-state index is 11.7. The number of likely N-dealkylation sites (N-methyl/N-ethyl adjacent to an activating group) is 1. The van der Waals surface area contributed by atoms with Crippen molar-refractivity contribution in [2.45, 2.75) is 19.3 Å². The second-order valence-electron chi connectivity index (χ2n) is 4.66. The standard InChI is InChI=1S/C11H20N2O3/c1-12(2)8-10(14)13-6-5-9(7-13)3-4-11(15)16/h9H,3-8H2,1-2H3,(H,15,16). The van der Waals surface area contributed by atoms with E-state index in [9.17, 15) is 9.59 Å². The zero-order valence-corrected chi connectivity index (χ0v) is 9.98. The lowest BCUT2D eigenvalue weighted by molar-refractivity contribution is -0.137. The molecule has 1 saturated heterocycles. The van der Waals surface area contributed by atoms with E-state index < -0.39 is 5.97 Å². The molecule has 92 valence electrons. The lowest BCUT2D eigenvalue weighted by Gasteiger charge is -2.18. The SMILES string of the molecule is CN(C)CC(=O)N1CCC(CCC(=O)O)C1. The van der Waals surface area contributed by atoms with Crippen molar-refractivity contribution in [3.8, 4) is 0 Å². The van der Waals surface area contributed by atoms with Gasteiger partial charge in [0.25, 0.3) is 0 Å². The van der Waals surface area contributed by atoms with Crippen LogP contribution in [0.25, 0.3) is 0 Å². The Bertz CT molecular complexity index is 266. The fraction of sp³-hybridized carbons (Fsp3) is 0.818. The van der Waals surface area contributed by atoms with Gasteiger partial charge in [-0.15, -0.1) is 0 Å². The molecule has 0 bridgehead atoms. The van der Waals surface area contributed by atoms with E-state index >= 15 is 0 Å². The summed E-state index contributed by atoms with van der Waals surface area (Å²) in [5.41, 5.74) is 0. The number of carboxylic acids is 1. The molecule has 1 amide bonds. The summed E-state index contributed by atoms with van der Waals surface area (Å²) in [5, 5.41) is 8.58. The normalized spacial score (nSPS) is 20.4. The highest BCUT2D eigenvalue weighted by Crippen LogP contribution is 2.20. The van der Waals surface area contributed by atoms with Crippen LogP contribution in [0.4, 0.5) is 0 Å². The quantitative estimate of drug-likeness (QED) is 0.733. The molecule has 5 heteroatoms. The third kappa shape index (κ3) is 4.18. The molecule has 1 rings (SSSR count). The van der Waals surface area contributed by atoms with Gasteiger partial charge in [-0.3, -0.25) is 9.59 Å². The minimum Gasteiger partial charge on any atom is -0.481 e. The molecule has 0 spiro atoms. The zero-order chi connectivity index (χ0) is 12.1. The molecule has 1 aliphatic heterocycles. The number of nitrogens with zero attached hydrogens (tertiary/aromatic N) is 2. The van der Waals surface area contributed by atoms with Gasteiger partial charge in [0.05, 0.1) is 6.54 Å². The molecule has 1 aliphatic rings. The van der Waals surface area contributed by atoms with Gasteiger partial charge in [0.1, 0.15) is 0 Å². The molecule has 0 radical (unpaired) electrons. The smallest absolute Gasteiger partial charge is 0.303 e. The number of aliphatic carboxylic acids is 1. The van der Waals surface area contributed by atoms with Crippen molar-refractivity contribution in [3.05, 3.63) is 0 Å². The summed E-state index contributed by atoms with van der Waals surface area (Å²) in [7, 11) is 3.74. The summed E-state index contributed by atoms with van der Waals surface area (Å²) in [6.07, 6.45) is 1.83. The van der Waals surface area contributed by atoms with Crippen molar-refractivity contribution in [1.29, 1.82) is 0 Å². The van der Waals surface area contributed by atoms with Gasteiger partial charge in [0.15, 0.2) is 0 Å². The van der Waals surface area contributed by atoms with Crippen LogP contribution in [-0.4, -0.2) is 60.5 Å². The molecular formula is C11H20N2O3. The maximum Gasteiger partial charge on any atom is 0.303 e. The molecule has 0 saturated carbocycles. The fourth-order valence-corrected chi connectivity index (χ4v) is 1.99. The van der Waals surface area contributed by atoms with Crippen molar-refractivity contribution < 1.29 is 14.7 Å². The predicted molar refractivity (Wildman–Crippen MR) is 60.1 cm³/mol. The van der Waals surface area contributed by atoms with Crippen molar-refractivity contribution >= 4 is 11.9 Å². The number of hydrogen-bond donors (Lipinski definition) is 1. The molecule has 0 aromatic heterocycles. The average molecular weight is 228 g/mol. The number of hydrogen-bond acceptors (Lipinski definition) is 3. The van der Waals surface area contributed by atoms with E-state index in [1.165, 1.54) is 0 Å². The second-order valence-corrected chi connectivity index (χ2v) is 4.66. The van der Waals surface area contributed by atoms with E-state index in [0.29, 0.717) is 18.9 Å². The Morgan fingerprint density at radius 1 is 1.44 bits per heavy atom. The van der Waals surface area contributed by atoms with Crippen molar-refractivity contribution in [2.24, 2.45) is 5.92 Å². The Balaban J connectivity index is 2.29.